The van der Waals surface area contributed by atoms with Gasteiger partial charge in [-0.2, -0.15) is 0 Å². The van der Waals surface area contributed by atoms with Crippen molar-refractivity contribution in [3.63, 3.8) is 0 Å². The Balaban J connectivity index is 1.54. The number of β-amino-alcohol motifs (C(OH)–C–C–N with tert-alkyl or cyclic N) is 1. The molecule has 0 radical (unpaired) electrons. The standard InChI is InChI=1S/C31H39N3O2/c1-24(34-20-19-28(29(35)23-34)32-22-25-13-7-4-8-14-25)21-31(30(36)33(2)3,26-15-9-5-10-16-26)27-17-11-6-12-18-27/h4-18,24,28-29,32,35H,19-23H2,1-3H3/t24?,28-,29-/m0/s1. The second kappa shape index (κ2) is 11.8. The first kappa shape index (κ1) is 26.1. The van der Waals surface area contributed by atoms with Crippen molar-refractivity contribution in [2.24, 2.45) is 0 Å². The van der Waals surface area contributed by atoms with E-state index in [-0.39, 0.29) is 18.0 Å². The summed E-state index contributed by atoms with van der Waals surface area (Å²) in [6, 6.07) is 30.7. The smallest absolute Gasteiger partial charge is 0.237 e. The highest BCUT2D eigenvalue weighted by molar-refractivity contribution is 5.92. The number of nitrogens with zero attached hydrogens (tertiary/aromatic N) is 2. The van der Waals surface area contributed by atoms with Crippen molar-refractivity contribution in [3.05, 3.63) is 108 Å². The summed E-state index contributed by atoms with van der Waals surface area (Å²) in [5.41, 5.74) is 2.42. The number of nitrogens with one attached hydrogen (secondary N) is 1. The molecule has 190 valence electrons. The highest BCUT2D eigenvalue weighted by Crippen LogP contribution is 2.39. The summed E-state index contributed by atoms with van der Waals surface area (Å²) < 4.78 is 0. The van der Waals surface area contributed by atoms with E-state index in [0.29, 0.717) is 13.0 Å². The molecule has 36 heavy (non-hydrogen) atoms. The summed E-state index contributed by atoms with van der Waals surface area (Å²) in [6.45, 7) is 4.40. The molecule has 2 N–H and O–H groups in total. The second-order valence-electron chi connectivity index (χ2n) is 10.2. The van der Waals surface area contributed by atoms with E-state index in [9.17, 15) is 9.90 Å². The fourth-order valence-electron chi connectivity index (χ4n) is 5.58. The van der Waals surface area contributed by atoms with E-state index in [1.54, 1.807) is 4.90 Å². The molecule has 0 aromatic heterocycles. The number of benzene rings is 3. The van der Waals surface area contributed by atoms with Gasteiger partial charge in [0.05, 0.1) is 6.10 Å². The van der Waals surface area contributed by atoms with Gasteiger partial charge >= 0.3 is 0 Å². The molecule has 5 nitrogen and oxygen atoms in total. The lowest BCUT2D eigenvalue weighted by Gasteiger charge is -2.44. The number of hydrogen-bond acceptors (Lipinski definition) is 4. The van der Waals surface area contributed by atoms with Crippen LogP contribution in [0.5, 0.6) is 0 Å². The minimum Gasteiger partial charge on any atom is -0.390 e. The number of aliphatic hydroxyl groups excluding tert-OH is 1. The molecule has 3 aromatic rings. The van der Waals surface area contributed by atoms with Crippen LogP contribution in [-0.4, -0.2) is 66.2 Å². The number of piperidine rings is 1. The summed E-state index contributed by atoms with van der Waals surface area (Å²) in [4.78, 5) is 18.0. The first-order chi connectivity index (χ1) is 17.4. The van der Waals surface area contributed by atoms with Crippen molar-refractivity contribution in [1.29, 1.82) is 0 Å². The van der Waals surface area contributed by atoms with Crippen LogP contribution in [0.2, 0.25) is 0 Å². The molecule has 3 atom stereocenters. The Hall–Kier alpha value is -2.99. The molecule has 4 rings (SSSR count). The number of carbonyl (C=O) groups excluding carboxylic acids is 1. The molecule has 0 spiro atoms. The van der Waals surface area contributed by atoms with Crippen LogP contribution in [0.25, 0.3) is 0 Å². The first-order valence-electron chi connectivity index (χ1n) is 12.9. The Bertz CT molecular complexity index is 1050. The average molecular weight is 486 g/mol. The van der Waals surface area contributed by atoms with Gasteiger partial charge in [0, 0.05) is 45.8 Å². The summed E-state index contributed by atoms with van der Waals surface area (Å²) >= 11 is 0. The van der Waals surface area contributed by atoms with Gasteiger partial charge in [-0.3, -0.25) is 9.69 Å². The van der Waals surface area contributed by atoms with Crippen LogP contribution >= 0.6 is 0 Å². The molecule has 0 bridgehead atoms. The zero-order chi connectivity index (χ0) is 25.5. The zero-order valence-electron chi connectivity index (χ0n) is 21.7. The van der Waals surface area contributed by atoms with E-state index in [2.05, 4.69) is 53.5 Å². The molecule has 0 aliphatic carbocycles. The van der Waals surface area contributed by atoms with Gasteiger partial charge in [-0.15, -0.1) is 0 Å². The van der Waals surface area contributed by atoms with Crippen molar-refractivity contribution < 1.29 is 9.90 Å². The normalized spacial score (nSPS) is 19.6. The summed E-state index contributed by atoms with van der Waals surface area (Å²) in [5.74, 6) is 0.0757. The molecule has 3 aromatic carbocycles. The van der Waals surface area contributed by atoms with Crippen molar-refractivity contribution in [2.75, 3.05) is 27.2 Å². The number of hydrogen-bond donors (Lipinski definition) is 2. The largest absolute Gasteiger partial charge is 0.390 e. The lowest BCUT2D eigenvalue weighted by Crippen LogP contribution is -2.56. The van der Waals surface area contributed by atoms with Crippen LogP contribution in [0.15, 0.2) is 91.0 Å². The summed E-state index contributed by atoms with van der Waals surface area (Å²) in [7, 11) is 3.67. The molecule has 1 fully saturated rings. The van der Waals surface area contributed by atoms with Gasteiger partial charge in [-0.05, 0) is 36.5 Å². The van der Waals surface area contributed by atoms with Gasteiger partial charge in [0.2, 0.25) is 5.91 Å². The molecule has 1 heterocycles. The fraction of sp³-hybridized carbons (Fsp3) is 0.387. The van der Waals surface area contributed by atoms with Crippen LogP contribution < -0.4 is 5.32 Å². The molecule has 1 saturated heterocycles. The SMILES string of the molecule is CC(CC(C(=O)N(C)C)(c1ccccc1)c1ccccc1)N1CC[C@H](NCc2ccccc2)[C@@H](O)C1. The Labute approximate surface area is 215 Å². The maximum atomic E-state index is 14.0. The van der Waals surface area contributed by atoms with Gasteiger partial charge in [0.15, 0.2) is 0 Å². The highest BCUT2D eigenvalue weighted by atomic mass is 16.3. The third-order valence-corrected chi connectivity index (χ3v) is 7.55. The van der Waals surface area contributed by atoms with Gasteiger partial charge in [0.1, 0.15) is 5.41 Å². The minimum atomic E-state index is -0.807. The monoisotopic (exact) mass is 485 g/mol. The zero-order valence-corrected chi connectivity index (χ0v) is 21.7. The molecule has 0 saturated carbocycles. The number of likely N-dealkylation sites (N-methyl/N-ethyl adjacent to an activating group) is 1. The predicted octanol–water partition coefficient (Wildman–Crippen LogP) is 4.06. The number of aliphatic hydroxyl groups is 1. The third kappa shape index (κ3) is 5.70. The Kier molecular flexibility index (Phi) is 8.57. The predicted molar refractivity (Wildman–Crippen MR) is 146 cm³/mol. The summed E-state index contributed by atoms with van der Waals surface area (Å²) in [6.07, 6.45) is 1.04. The van der Waals surface area contributed by atoms with E-state index in [4.69, 9.17) is 0 Å². The molecule has 5 heteroatoms. The lowest BCUT2D eigenvalue weighted by atomic mass is 9.69. The van der Waals surface area contributed by atoms with Gasteiger partial charge < -0.3 is 15.3 Å². The van der Waals surface area contributed by atoms with E-state index >= 15 is 0 Å². The molecule has 1 unspecified atom stereocenters. The first-order valence-corrected chi connectivity index (χ1v) is 12.9. The minimum absolute atomic E-state index is 0.0602. The molecule has 1 aliphatic heterocycles. The van der Waals surface area contributed by atoms with E-state index in [1.807, 2.05) is 68.7 Å². The Morgan fingerprint density at radius 2 is 1.50 bits per heavy atom. The number of likely N-dealkylation sites (tertiary alicyclic amines) is 1. The van der Waals surface area contributed by atoms with Crippen molar-refractivity contribution >= 4 is 5.91 Å². The molecule has 1 aliphatic rings. The third-order valence-electron chi connectivity index (χ3n) is 7.55. The quantitative estimate of drug-likeness (QED) is 0.480. The van der Waals surface area contributed by atoms with Crippen molar-refractivity contribution in [1.82, 2.24) is 15.1 Å². The average Bonchev–Trinajstić information content (AvgIpc) is 2.92. The second-order valence-corrected chi connectivity index (χ2v) is 10.2. The van der Waals surface area contributed by atoms with Crippen molar-refractivity contribution in [3.8, 4) is 0 Å². The summed E-state index contributed by atoms with van der Waals surface area (Å²) in [5, 5.41) is 14.6. The molecule has 1 amide bonds. The van der Waals surface area contributed by atoms with E-state index in [1.165, 1.54) is 5.56 Å². The maximum absolute atomic E-state index is 14.0. The molecular formula is C31H39N3O2. The van der Waals surface area contributed by atoms with Gasteiger partial charge in [-0.25, -0.2) is 0 Å². The van der Waals surface area contributed by atoms with Crippen LogP contribution in [-0.2, 0) is 16.8 Å². The van der Waals surface area contributed by atoms with Crippen LogP contribution in [0.3, 0.4) is 0 Å². The Morgan fingerprint density at radius 3 is 2.00 bits per heavy atom. The maximum Gasteiger partial charge on any atom is 0.237 e. The lowest BCUT2D eigenvalue weighted by molar-refractivity contribution is -0.134. The van der Waals surface area contributed by atoms with Crippen LogP contribution in [0.1, 0.15) is 36.5 Å². The number of amides is 1. The van der Waals surface area contributed by atoms with E-state index in [0.717, 1.165) is 30.6 Å². The van der Waals surface area contributed by atoms with Crippen molar-refractivity contribution in [2.45, 2.75) is 49.9 Å². The number of carbonyl (C=O) groups is 1. The topological polar surface area (TPSA) is 55.8 Å². The van der Waals surface area contributed by atoms with Gasteiger partial charge in [0.25, 0.3) is 0 Å². The fourth-order valence-corrected chi connectivity index (χ4v) is 5.58. The highest BCUT2D eigenvalue weighted by Gasteiger charge is 2.45. The van der Waals surface area contributed by atoms with Gasteiger partial charge in [-0.1, -0.05) is 91.0 Å². The van der Waals surface area contributed by atoms with Crippen LogP contribution in [0.4, 0.5) is 0 Å². The van der Waals surface area contributed by atoms with E-state index < -0.39 is 11.5 Å². The Morgan fingerprint density at radius 1 is 0.972 bits per heavy atom. The van der Waals surface area contributed by atoms with Crippen LogP contribution in [0, 0.1) is 0 Å². The number of rotatable bonds is 9. The molecular weight excluding hydrogens is 446 g/mol.